The van der Waals surface area contributed by atoms with E-state index in [-0.39, 0.29) is 6.04 Å². The summed E-state index contributed by atoms with van der Waals surface area (Å²) >= 11 is 0. The molecule has 0 aliphatic heterocycles. The summed E-state index contributed by atoms with van der Waals surface area (Å²) in [6, 6.07) is 10.2. The minimum Gasteiger partial charge on any atom is -0.306 e. The molecule has 0 aliphatic carbocycles. The molecule has 0 bridgehead atoms. The summed E-state index contributed by atoms with van der Waals surface area (Å²) in [6.07, 6.45) is 0.977. The molecule has 0 saturated carbocycles. The second-order valence-electron chi connectivity index (χ2n) is 5.40. The van der Waals surface area contributed by atoms with Crippen molar-refractivity contribution in [3.63, 3.8) is 0 Å². The maximum absolute atomic E-state index is 13.5. The number of aryl methyl sites for hydroxylation is 2. The van der Waals surface area contributed by atoms with Gasteiger partial charge in [-0.2, -0.15) is 0 Å². The molecule has 0 spiro atoms. The summed E-state index contributed by atoms with van der Waals surface area (Å²) in [4.78, 5) is 0. The third-order valence-corrected chi connectivity index (χ3v) is 3.74. The van der Waals surface area contributed by atoms with E-state index in [1.165, 1.54) is 23.3 Å². The molecule has 0 aliphatic rings. The third-order valence-electron chi connectivity index (χ3n) is 3.74. The third kappa shape index (κ3) is 3.67. The molecule has 0 fully saturated rings. The van der Waals surface area contributed by atoms with Crippen LogP contribution in [0.3, 0.4) is 0 Å². The van der Waals surface area contributed by atoms with E-state index < -0.39 is 11.6 Å². The van der Waals surface area contributed by atoms with Crippen LogP contribution in [-0.2, 0) is 0 Å². The molecule has 2 aromatic rings. The summed E-state index contributed by atoms with van der Waals surface area (Å²) in [5.41, 5.74) is 4.22. The van der Waals surface area contributed by atoms with Crippen molar-refractivity contribution in [2.45, 2.75) is 33.2 Å². The minimum atomic E-state index is -0.812. The van der Waals surface area contributed by atoms with Crippen molar-refractivity contribution >= 4 is 0 Å². The van der Waals surface area contributed by atoms with Crippen molar-refractivity contribution in [1.29, 1.82) is 0 Å². The molecule has 1 N–H and O–H groups in total. The van der Waals surface area contributed by atoms with Gasteiger partial charge in [0.1, 0.15) is 0 Å². The van der Waals surface area contributed by atoms with E-state index in [1.807, 2.05) is 6.07 Å². The molecule has 3 heteroatoms. The first-order chi connectivity index (χ1) is 10.0. The lowest BCUT2D eigenvalue weighted by Crippen LogP contribution is -2.23. The Morgan fingerprint density at radius 1 is 0.905 bits per heavy atom. The maximum atomic E-state index is 13.5. The zero-order valence-electron chi connectivity index (χ0n) is 12.7. The predicted octanol–water partition coefficient (Wildman–Crippen LogP) is 4.67. The zero-order chi connectivity index (χ0) is 15.4. The molecule has 0 aromatic heterocycles. The van der Waals surface area contributed by atoms with E-state index in [2.05, 4.69) is 38.2 Å². The van der Waals surface area contributed by atoms with E-state index in [1.54, 1.807) is 6.07 Å². The van der Waals surface area contributed by atoms with Gasteiger partial charge in [-0.3, -0.25) is 0 Å². The minimum absolute atomic E-state index is 0.126. The number of rotatable bonds is 5. The van der Waals surface area contributed by atoms with Crippen LogP contribution in [0.1, 0.15) is 41.6 Å². The lowest BCUT2D eigenvalue weighted by molar-refractivity contribution is 0.503. The number of hydrogen-bond acceptors (Lipinski definition) is 1. The van der Waals surface area contributed by atoms with Gasteiger partial charge < -0.3 is 5.32 Å². The fraction of sp³-hybridized carbons (Fsp3) is 0.333. The monoisotopic (exact) mass is 289 g/mol. The van der Waals surface area contributed by atoms with Crippen LogP contribution in [0.2, 0.25) is 0 Å². The van der Waals surface area contributed by atoms with Gasteiger partial charge in [-0.05, 0) is 61.2 Å². The second kappa shape index (κ2) is 6.81. The Kier molecular flexibility index (Phi) is 5.07. The quantitative estimate of drug-likeness (QED) is 0.843. The number of halogens is 2. The fourth-order valence-electron chi connectivity index (χ4n) is 2.35. The van der Waals surface area contributed by atoms with Gasteiger partial charge in [0.2, 0.25) is 0 Å². The van der Waals surface area contributed by atoms with Crippen LogP contribution in [0.15, 0.2) is 36.4 Å². The molecule has 2 aromatic carbocycles. The molecular weight excluding hydrogens is 268 g/mol. The molecule has 112 valence electrons. The average Bonchev–Trinajstić information content (AvgIpc) is 2.46. The molecule has 0 radical (unpaired) electrons. The second-order valence-corrected chi connectivity index (χ2v) is 5.40. The molecular formula is C18H21F2N. The van der Waals surface area contributed by atoms with Crippen LogP contribution in [-0.4, -0.2) is 6.54 Å². The van der Waals surface area contributed by atoms with Crippen molar-refractivity contribution in [3.8, 4) is 0 Å². The Bertz CT molecular complexity index is 571. The topological polar surface area (TPSA) is 12.0 Å². The van der Waals surface area contributed by atoms with Gasteiger partial charge in [-0.15, -0.1) is 0 Å². The lowest BCUT2D eigenvalue weighted by atomic mass is 9.95. The Hall–Kier alpha value is -1.74. The maximum Gasteiger partial charge on any atom is 0.159 e. The highest BCUT2D eigenvalue weighted by molar-refractivity contribution is 5.37. The molecule has 21 heavy (non-hydrogen) atoms. The van der Waals surface area contributed by atoms with Gasteiger partial charge in [-0.25, -0.2) is 8.78 Å². The smallest absolute Gasteiger partial charge is 0.159 e. The molecule has 2 rings (SSSR count). The normalized spacial score (nSPS) is 12.4. The highest BCUT2D eigenvalue weighted by Crippen LogP contribution is 2.25. The van der Waals surface area contributed by atoms with E-state index in [0.717, 1.165) is 24.1 Å². The molecule has 0 heterocycles. The van der Waals surface area contributed by atoms with Crippen LogP contribution in [0.4, 0.5) is 8.78 Å². The van der Waals surface area contributed by atoms with Crippen molar-refractivity contribution in [2.75, 3.05) is 6.54 Å². The van der Waals surface area contributed by atoms with Gasteiger partial charge in [0.05, 0.1) is 6.04 Å². The first-order valence-electron chi connectivity index (χ1n) is 7.28. The highest BCUT2D eigenvalue weighted by atomic mass is 19.2. The van der Waals surface area contributed by atoms with Crippen molar-refractivity contribution < 1.29 is 8.78 Å². The van der Waals surface area contributed by atoms with E-state index in [4.69, 9.17) is 0 Å². The zero-order valence-corrected chi connectivity index (χ0v) is 12.7. The molecule has 0 amide bonds. The van der Waals surface area contributed by atoms with Gasteiger partial charge in [-0.1, -0.05) is 31.2 Å². The van der Waals surface area contributed by atoms with E-state index in [0.29, 0.717) is 0 Å². The van der Waals surface area contributed by atoms with Gasteiger partial charge >= 0.3 is 0 Å². The Balaban J connectivity index is 2.41. The van der Waals surface area contributed by atoms with Crippen molar-refractivity contribution in [3.05, 3.63) is 70.3 Å². The van der Waals surface area contributed by atoms with Crippen LogP contribution >= 0.6 is 0 Å². The average molecular weight is 289 g/mol. The molecule has 1 nitrogen and oxygen atoms in total. The fourth-order valence-corrected chi connectivity index (χ4v) is 2.35. The Morgan fingerprint density at radius 2 is 1.57 bits per heavy atom. The van der Waals surface area contributed by atoms with E-state index in [9.17, 15) is 8.78 Å². The summed E-state index contributed by atoms with van der Waals surface area (Å²) in [7, 11) is 0. The summed E-state index contributed by atoms with van der Waals surface area (Å²) in [6.45, 7) is 7.01. The van der Waals surface area contributed by atoms with Crippen LogP contribution in [0.5, 0.6) is 0 Å². The van der Waals surface area contributed by atoms with Crippen molar-refractivity contribution in [2.24, 2.45) is 0 Å². The van der Waals surface area contributed by atoms with Gasteiger partial charge in [0, 0.05) is 0 Å². The predicted molar refractivity (Wildman–Crippen MR) is 82.4 cm³/mol. The number of benzene rings is 2. The van der Waals surface area contributed by atoms with Crippen LogP contribution in [0, 0.1) is 25.5 Å². The van der Waals surface area contributed by atoms with Crippen molar-refractivity contribution in [1.82, 2.24) is 5.32 Å². The SMILES string of the molecule is CCCNC(c1ccc(C)c(C)c1)c1ccc(F)c(F)c1. The first kappa shape index (κ1) is 15.6. The molecule has 1 atom stereocenters. The number of nitrogens with one attached hydrogen (secondary N) is 1. The lowest BCUT2D eigenvalue weighted by Gasteiger charge is -2.21. The highest BCUT2D eigenvalue weighted by Gasteiger charge is 2.16. The Labute approximate surface area is 125 Å². The standard InChI is InChI=1S/C18H21F2N/c1-4-9-21-18(14-6-5-12(2)13(3)10-14)15-7-8-16(19)17(20)11-15/h5-8,10-11,18,21H,4,9H2,1-3H3. The summed E-state index contributed by atoms with van der Waals surface area (Å²) < 4.78 is 26.7. The molecule has 0 saturated heterocycles. The van der Waals surface area contributed by atoms with Gasteiger partial charge in [0.25, 0.3) is 0 Å². The first-order valence-corrected chi connectivity index (χ1v) is 7.28. The summed E-state index contributed by atoms with van der Waals surface area (Å²) in [5.74, 6) is -1.62. The summed E-state index contributed by atoms with van der Waals surface area (Å²) in [5, 5.41) is 3.41. The van der Waals surface area contributed by atoms with Crippen LogP contribution in [0.25, 0.3) is 0 Å². The van der Waals surface area contributed by atoms with Gasteiger partial charge in [0.15, 0.2) is 11.6 Å². The largest absolute Gasteiger partial charge is 0.306 e. The number of hydrogen-bond donors (Lipinski definition) is 1. The van der Waals surface area contributed by atoms with E-state index >= 15 is 0 Å². The Morgan fingerprint density at radius 3 is 2.19 bits per heavy atom. The molecule has 1 unspecified atom stereocenters. The van der Waals surface area contributed by atoms with Crippen LogP contribution < -0.4 is 5.32 Å².